The number of benzene rings is 2. The molecule has 1 unspecified atom stereocenters. The first-order chi connectivity index (χ1) is 15.5. The SMILES string of the molecule is CCC(=O)N1c2ccccc2-c2nnc(SCC(C)C)nc2OC1c1ccc(C#N)cc1. The number of ether oxygens (including phenoxy) is 1. The highest BCUT2D eigenvalue weighted by molar-refractivity contribution is 7.99. The van der Waals surface area contributed by atoms with Gasteiger partial charge in [-0.25, -0.2) is 0 Å². The predicted molar refractivity (Wildman–Crippen MR) is 123 cm³/mol. The normalized spacial score (nSPS) is 14.7. The number of nitriles is 1. The molecule has 1 atom stereocenters. The third-order valence-electron chi connectivity index (χ3n) is 4.95. The lowest BCUT2D eigenvalue weighted by atomic mass is 10.1. The topological polar surface area (TPSA) is 92.0 Å². The largest absolute Gasteiger partial charge is 0.447 e. The highest BCUT2D eigenvalue weighted by Crippen LogP contribution is 2.43. The van der Waals surface area contributed by atoms with E-state index in [1.807, 2.05) is 31.2 Å². The van der Waals surface area contributed by atoms with Gasteiger partial charge in [-0.1, -0.05) is 62.9 Å². The Kier molecular flexibility index (Phi) is 6.37. The fraction of sp³-hybridized carbons (Fsp3) is 0.292. The van der Waals surface area contributed by atoms with Crippen molar-refractivity contribution < 1.29 is 9.53 Å². The second kappa shape index (κ2) is 9.37. The summed E-state index contributed by atoms with van der Waals surface area (Å²) in [5.74, 6) is 1.57. The van der Waals surface area contributed by atoms with Crippen molar-refractivity contribution in [3.8, 4) is 23.2 Å². The molecule has 0 saturated heterocycles. The summed E-state index contributed by atoms with van der Waals surface area (Å²) in [5.41, 5.74) is 3.20. The Bertz CT molecular complexity index is 1170. The highest BCUT2D eigenvalue weighted by Gasteiger charge is 2.35. The van der Waals surface area contributed by atoms with Crippen molar-refractivity contribution in [2.45, 2.75) is 38.6 Å². The van der Waals surface area contributed by atoms with Gasteiger partial charge < -0.3 is 4.74 Å². The van der Waals surface area contributed by atoms with Crippen LogP contribution in [-0.2, 0) is 4.79 Å². The van der Waals surface area contributed by atoms with Gasteiger partial charge in [0.05, 0.1) is 17.3 Å². The lowest BCUT2D eigenvalue weighted by molar-refractivity contribution is -0.120. The summed E-state index contributed by atoms with van der Waals surface area (Å²) >= 11 is 1.52. The molecule has 0 aliphatic carbocycles. The minimum absolute atomic E-state index is 0.0954. The first-order valence-corrected chi connectivity index (χ1v) is 11.5. The van der Waals surface area contributed by atoms with Gasteiger partial charge in [-0.3, -0.25) is 9.69 Å². The lowest BCUT2D eigenvalue weighted by Crippen LogP contribution is -2.37. The monoisotopic (exact) mass is 445 g/mol. The average Bonchev–Trinajstić information content (AvgIpc) is 2.96. The number of aromatic nitrogens is 3. The van der Waals surface area contributed by atoms with Gasteiger partial charge in [0.25, 0.3) is 0 Å². The van der Waals surface area contributed by atoms with Gasteiger partial charge in [0, 0.05) is 23.3 Å². The molecule has 162 valence electrons. The van der Waals surface area contributed by atoms with Crippen LogP contribution in [0.1, 0.15) is 44.5 Å². The molecule has 1 aromatic heterocycles. The summed E-state index contributed by atoms with van der Waals surface area (Å²) < 4.78 is 6.38. The quantitative estimate of drug-likeness (QED) is 0.511. The van der Waals surface area contributed by atoms with E-state index in [9.17, 15) is 4.79 Å². The molecule has 7 nitrogen and oxygen atoms in total. The zero-order valence-electron chi connectivity index (χ0n) is 18.1. The van der Waals surface area contributed by atoms with Crippen LogP contribution >= 0.6 is 11.8 Å². The van der Waals surface area contributed by atoms with Crippen molar-refractivity contribution in [2.75, 3.05) is 10.7 Å². The maximum atomic E-state index is 13.1. The van der Waals surface area contributed by atoms with E-state index in [4.69, 9.17) is 10.00 Å². The number of carbonyl (C=O) groups excluding carboxylic acids is 1. The van der Waals surface area contributed by atoms with E-state index in [2.05, 4.69) is 35.1 Å². The summed E-state index contributed by atoms with van der Waals surface area (Å²) in [7, 11) is 0. The Labute approximate surface area is 191 Å². The zero-order chi connectivity index (χ0) is 22.7. The van der Waals surface area contributed by atoms with Crippen molar-refractivity contribution in [1.82, 2.24) is 15.2 Å². The lowest BCUT2D eigenvalue weighted by Gasteiger charge is -2.30. The molecule has 1 aliphatic rings. The fourth-order valence-corrected chi connectivity index (χ4v) is 4.12. The first kappa shape index (κ1) is 21.8. The number of amides is 1. The second-order valence-corrected chi connectivity index (χ2v) is 8.78. The molecule has 4 rings (SSSR count). The van der Waals surface area contributed by atoms with E-state index < -0.39 is 6.23 Å². The summed E-state index contributed by atoms with van der Waals surface area (Å²) in [5, 5.41) is 18.4. The Hall–Kier alpha value is -3.44. The third kappa shape index (κ3) is 4.30. The Morgan fingerprint density at radius 1 is 1.19 bits per heavy atom. The number of anilines is 1. The molecule has 0 spiro atoms. The molecule has 2 heterocycles. The van der Waals surface area contributed by atoms with Crippen molar-refractivity contribution in [2.24, 2.45) is 5.92 Å². The number of hydrogen-bond donors (Lipinski definition) is 0. The number of para-hydroxylation sites is 1. The number of carbonyl (C=O) groups is 1. The average molecular weight is 446 g/mol. The van der Waals surface area contributed by atoms with E-state index in [1.54, 1.807) is 29.2 Å². The van der Waals surface area contributed by atoms with Crippen molar-refractivity contribution in [3.63, 3.8) is 0 Å². The van der Waals surface area contributed by atoms with Crippen LogP contribution in [0.25, 0.3) is 11.3 Å². The summed E-state index contributed by atoms with van der Waals surface area (Å²) in [6.07, 6.45) is -0.452. The van der Waals surface area contributed by atoms with Crippen LogP contribution in [0.4, 0.5) is 5.69 Å². The Balaban J connectivity index is 1.87. The van der Waals surface area contributed by atoms with Crippen LogP contribution in [0.5, 0.6) is 5.88 Å². The zero-order valence-corrected chi connectivity index (χ0v) is 19.0. The number of nitrogens with zero attached hydrogens (tertiary/aromatic N) is 5. The third-order valence-corrected chi connectivity index (χ3v) is 6.22. The molecule has 0 fully saturated rings. The van der Waals surface area contributed by atoms with Gasteiger partial charge in [-0.15, -0.1) is 10.2 Å². The minimum atomic E-state index is -0.753. The summed E-state index contributed by atoms with van der Waals surface area (Å²) in [4.78, 5) is 19.4. The minimum Gasteiger partial charge on any atom is -0.447 e. The molecular formula is C24H23N5O2S. The van der Waals surface area contributed by atoms with Gasteiger partial charge in [0.15, 0.2) is 5.69 Å². The first-order valence-electron chi connectivity index (χ1n) is 10.5. The van der Waals surface area contributed by atoms with E-state index in [-0.39, 0.29) is 5.91 Å². The van der Waals surface area contributed by atoms with Gasteiger partial charge in [-0.2, -0.15) is 10.2 Å². The number of thioether (sulfide) groups is 1. The van der Waals surface area contributed by atoms with Crippen LogP contribution in [-0.4, -0.2) is 26.8 Å². The molecular weight excluding hydrogens is 422 g/mol. The second-order valence-electron chi connectivity index (χ2n) is 7.79. The van der Waals surface area contributed by atoms with Gasteiger partial charge >= 0.3 is 0 Å². The van der Waals surface area contributed by atoms with Gasteiger partial charge in [-0.05, 0) is 24.1 Å². The molecule has 2 aromatic carbocycles. The molecule has 3 aromatic rings. The Morgan fingerprint density at radius 2 is 1.94 bits per heavy atom. The van der Waals surface area contributed by atoms with Crippen molar-refractivity contribution in [1.29, 1.82) is 5.26 Å². The van der Waals surface area contributed by atoms with Crippen LogP contribution in [0, 0.1) is 17.2 Å². The molecule has 8 heteroatoms. The highest BCUT2D eigenvalue weighted by atomic mass is 32.2. The van der Waals surface area contributed by atoms with E-state index >= 15 is 0 Å². The molecule has 1 amide bonds. The van der Waals surface area contributed by atoms with Crippen LogP contribution in [0.3, 0.4) is 0 Å². The van der Waals surface area contributed by atoms with Gasteiger partial charge in [0.2, 0.25) is 23.2 Å². The van der Waals surface area contributed by atoms with Crippen LogP contribution in [0.15, 0.2) is 53.7 Å². The predicted octanol–water partition coefficient (Wildman–Crippen LogP) is 4.99. The maximum absolute atomic E-state index is 13.1. The molecule has 0 N–H and O–H groups in total. The van der Waals surface area contributed by atoms with Crippen molar-refractivity contribution in [3.05, 3.63) is 59.7 Å². The van der Waals surface area contributed by atoms with Crippen LogP contribution in [0.2, 0.25) is 0 Å². The summed E-state index contributed by atoms with van der Waals surface area (Å²) in [6.45, 7) is 6.08. The van der Waals surface area contributed by atoms with Gasteiger partial charge in [0.1, 0.15) is 0 Å². The Morgan fingerprint density at radius 3 is 2.62 bits per heavy atom. The van der Waals surface area contributed by atoms with E-state index in [0.717, 1.165) is 16.9 Å². The maximum Gasteiger partial charge on any atom is 0.247 e. The molecule has 1 aliphatic heterocycles. The number of rotatable bonds is 5. The molecule has 32 heavy (non-hydrogen) atoms. The molecule has 0 saturated carbocycles. The number of hydrogen-bond acceptors (Lipinski definition) is 7. The van der Waals surface area contributed by atoms with E-state index in [0.29, 0.717) is 40.3 Å². The molecule has 0 bridgehead atoms. The number of fused-ring (bicyclic) bond motifs is 3. The fourth-order valence-electron chi connectivity index (χ4n) is 3.39. The summed E-state index contributed by atoms with van der Waals surface area (Å²) in [6, 6.07) is 16.7. The smallest absolute Gasteiger partial charge is 0.247 e. The standard InChI is InChI=1S/C24H23N5O2S/c1-4-20(30)29-19-8-6-5-7-18(19)21-22(26-24(28-27-21)32-14-15(2)3)31-23(29)17-11-9-16(13-25)10-12-17/h5-12,15,23H,4,14H2,1-3H3. The van der Waals surface area contributed by atoms with Crippen LogP contribution < -0.4 is 9.64 Å². The molecule has 0 radical (unpaired) electrons. The van der Waals surface area contributed by atoms with Crippen molar-refractivity contribution >= 4 is 23.4 Å². The van der Waals surface area contributed by atoms with E-state index in [1.165, 1.54) is 11.8 Å².